The van der Waals surface area contributed by atoms with Gasteiger partial charge in [-0.15, -0.1) is 0 Å². The Morgan fingerprint density at radius 3 is 2.50 bits per heavy atom. The maximum Gasteiger partial charge on any atom is 0.0472 e. The highest BCUT2D eigenvalue weighted by molar-refractivity contribution is 5.45. The van der Waals surface area contributed by atoms with E-state index in [1.54, 1.807) is 0 Å². The average Bonchev–Trinajstić information content (AvgIpc) is 2.41. The maximum atomic E-state index is 5.51. The van der Waals surface area contributed by atoms with Gasteiger partial charge in [-0.2, -0.15) is 0 Å². The van der Waals surface area contributed by atoms with E-state index in [1.807, 2.05) is 7.05 Å². The molecule has 0 aliphatic carbocycles. The molecule has 18 heavy (non-hydrogen) atoms. The summed E-state index contributed by atoms with van der Waals surface area (Å²) < 4.78 is 5.51. The molecule has 0 saturated carbocycles. The summed E-state index contributed by atoms with van der Waals surface area (Å²) >= 11 is 0. The molecule has 1 fully saturated rings. The lowest BCUT2D eigenvalue weighted by Gasteiger charge is -2.40. The van der Waals surface area contributed by atoms with Gasteiger partial charge < -0.3 is 15.0 Å². The van der Waals surface area contributed by atoms with Gasteiger partial charge in [-0.1, -0.05) is 18.2 Å². The third-order valence-corrected chi connectivity index (χ3v) is 3.87. The van der Waals surface area contributed by atoms with E-state index < -0.39 is 0 Å². The number of para-hydroxylation sites is 1. The first-order valence-electron chi connectivity index (χ1n) is 6.74. The summed E-state index contributed by atoms with van der Waals surface area (Å²) in [5, 5.41) is 3.35. The van der Waals surface area contributed by atoms with Crippen LogP contribution in [0.15, 0.2) is 30.3 Å². The molecule has 1 aromatic carbocycles. The van der Waals surface area contributed by atoms with Crippen LogP contribution in [0.4, 0.5) is 5.69 Å². The predicted molar refractivity (Wildman–Crippen MR) is 76.1 cm³/mol. The summed E-state index contributed by atoms with van der Waals surface area (Å²) in [6.07, 6.45) is 2.29. The summed E-state index contributed by atoms with van der Waals surface area (Å²) in [6.45, 7) is 3.93. The fraction of sp³-hybridized carbons (Fsp3) is 0.600. The van der Waals surface area contributed by atoms with Gasteiger partial charge in [0, 0.05) is 44.5 Å². The molecule has 0 atom stereocenters. The monoisotopic (exact) mass is 248 g/mol. The van der Waals surface area contributed by atoms with E-state index in [0.717, 1.165) is 39.1 Å². The van der Waals surface area contributed by atoms with Crippen molar-refractivity contribution in [3.8, 4) is 0 Å². The molecule has 3 nitrogen and oxygen atoms in total. The minimum Gasteiger partial charge on any atom is -0.381 e. The second-order valence-electron chi connectivity index (χ2n) is 5.33. The zero-order chi connectivity index (χ0) is 12.8. The van der Waals surface area contributed by atoms with Gasteiger partial charge in [-0.05, 0) is 32.0 Å². The lowest BCUT2D eigenvalue weighted by Crippen LogP contribution is -2.46. The van der Waals surface area contributed by atoms with Gasteiger partial charge in [0.25, 0.3) is 0 Å². The van der Waals surface area contributed by atoms with Crippen molar-refractivity contribution in [1.29, 1.82) is 0 Å². The quantitative estimate of drug-likeness (QED) is 0.864. The number of rotatable bonds is 5. The third kappa shape index (κ3) is 3.24. The first kappa shape index (κ1) is 13.4. The highest BCUT2D eigenvalue weighted by Gasteiger charge is 2.33. The highest BCUT2D eigenvalue weighted by atomic mass is 16.5. The second-order valence-corrected chi connectivity index (χ2v) is 5.33. The van der Waals surface area contributed by atoms with Crippen molar-refractivity contribution < 1.29 is 4.74 Å². The van der Waals surface area contributed by atoms with Gasteiger partial charge >= 0.3 is 0 Å². The first-order chi connectivity index (χ1) is 8.76. The molecule has 100 valence electrons. The Labute approximate surface area is 110 Å². The van der Waals surface area contributed by atoms with Crippen molar-refractivity contribution in [2.24, 2.45) is 5.41 Å². The van der Waals surface area contributed by atoms with E-state index >= 15 is 0 Å². The number of hydrogen-bond donors (Lipinski definition) is 1. The van der Waals surface area contributed by atoms with Crippen molar-refractivity contribution in [2.75, 3.05) is 45.3 Å². The summed E-state index contributed by atoms with van der Waals surface area (Å²) in [5.41, 5.74) is 1.64. The molecule has 0 unspecified atom stereocenters. The molecule has 1 N–H and O–H groups in total. The van der Waals surface area contributed by atoms with Crippen LogP contribution in [0.25, 0.3) is 0 Å². The van der Waals surface area contributed by atoms with Gasteiger partial charge in [0.05, 0.1) is 0 Å². The van der Waals surface area contributed by atoms with E-state index in [9.17, 15) is 0 Å². The lowest BCUT2D eigenvalue weighted by atomic mass is 9.79. The smallest absolute Gasteiger partial charge is 0.0472 e. The molecule has 1 aliphatic rings. The summed E-state index contributed by atoms with van der Waals surface area (Å²) in [7, 11) is 4.22. The summed E-state index contributed by atoms with van der Waals surface area (Å²) in [5.74, 6) is 0. The topological polar surface area (TPSA) is 24.5 Å². The Morgan fingerprint density at radius 2 is 1.89 bits per heavy atom. The minimum absolute atomic E-state index is 0.345. The minimum atomic E-state index is 0.345. The van der Waals surface area contributed by atoms with Gasteiger partial charge in [0.1, 0.15) is 0 Å². The van der Waals surface area contributed by atoms with Crippen LogP contribution in [0.2, 0.25) is 0 Å². The first-order valence-corrected chi connectivity index (χ1v) is 6.74. The molecule has 1 heterocycles. The molecule has 1 saturated heterocycles. The maximum absolute atomic E-state index is 5.51. The van der Waals surface area contributed by atoms with Crippen LogP contribution in [0.1, 0.15) is 12.8 Å². The van der Waals surface area contributed by atoms with Crippen LogP contribution >= 0.6 is 0 Å². The Kier molecular flexibility index (Phi) is 4.61. The second kappa shape index (κ2) is 6.21. The number of nitrogens with one attached hydrogen (secondary N) is 1. The van der Waals surface area contributed by atoms with Crippen molar-refractivity contribution in [3.05, 3.63) is 30.3 Å². The molecule has 3 heteroatoms. The fourth-order valence-corrected chi connectivity index (χ4v) is 2.85. The molecule has 0 bridgehead atoms. The molecule has 1 aliphatic heterocycles. The molecule has 0 radical (unpaired) electrons. The lowest BCUT2D eigenvalue weighted by molar-refractivity contribution is 0.0197. The van der Waals surface area contributed by atoms with E-state index in [1.165, 1.54) is 5.69 Å². The van der Waals surface area contributed by atoms with Crippen LogP contribution < -0.4 is 10.2 Å². The Hall–Kier alpha value is -1.06. The zero-order valence-corrected chi connectivity index (χ0v) is 11.5. The standard InChI is InChI=1S/C15H24N2O/c1-16-12-15(8-10-18-11-9-15)13-17(2)14-6-4-3-5-7-14/h3-7,16H,8-13H2,1-2H3. The summed E-state index contributed by atoms with van der Waals surface area (Å²) in [4.78, 5) is 2.36. The summed E-state index contributed by atoms with van der Waals surface area (Å²) in [6, 6.07) is 10.6. The van der Waals surface area contributed by atoms with Gasteiger partial charge in [-0.25, -0.2) is 0 Å². The Bertz CT molecular complexity index is 341. The van der Waals surface area contributed by atoms with Crippen LogP contribution in [-0.2, 0) is 4.74 Å². The van der Waals surface area contributed by atoms with Crippen molar-refractivity contribution in [2.45, 2.75) is 12.8 Å². The van der Waals surface area contributed by atoms with Crippen LogP contribution in [0.3, 0.4) is 0 Å². The number of hydrogen-bond acceptors (Lipinski definition) is 3. The van der Waals surface area contributed by atoms with Gasteiger partial charge in [0.15, 0.2) is 0 Å². The van der Waals surface area contributed by atoms with Crippen molar-refractivity contribution in [1.82, 2.24) is 5.32 Å². The van der Waals surface area contributed by atoms with Crippen LogP contribution in [0, 0.1) is 5.41 Å². The predicted octanol–water partition coefficient (Wildman–Crippen LogP) is 2.14. The van der Waals surface area contributed by atoms with Gasteiger partial charge in [-0.3, -0.25) is 0 Å². The zero-order valence-electron chi connectivity index (χ0n) is 11.5. The van der Waals surface area contributed by atoms with E-state index in [0.29, 0.717) is 5.41 Å². The van der Waals surface area contributed by atoms with E-state index in [2.05, 4.69) is 47.6 Å². The largest absolute Gasteiger partial charge is 0.381 e. The number of nitrogens with zero attached hydrogens (tertiary/aromatic N) is 1. The van der Waals surface area contributed by atoms with E-state index in [4.69, 9.17) is 4.74 Å². The number of benzene rings is 1. The molecule has 1 aromatic rings. The molecule has 0 spiro atoms. The molecule has 2 rings (SSSR count). The normalized spacial score (nSPS) is 18.6. The molecule has 0 amide bonds. The Balaban J connectivity index is 2.04. The van der Waals surface area contributed by atoms with Crippen LogP contribution in [0.5, 0.6) is 0 Å². The molecule has 0 aromatic heterocycles. The van der Waals surface area contributed by atoms with E-state index in [-0.39, 0.29) is 0 Å². The number of ether oxygens (including phenoxy) is 1. The highest BCUT2D eigenvalue weighted by Crippen LogP contribution is 2.31. The SMILES string of the molecule is CNCC1(CN(C)c2ccccc2)CCOCC1. The Morgan fingerprint density at radius 1 is 1.22 bits per heavy atom. The van der Waals surface area contributed by atoms with Crippen molar-refractivity contribution in [3.63, 3.8) is 0 Å². The third-order valence-electron chi connectivity index (χ3n) is 3.87. The molecular formula is C15H24N2O. The molecular weight excluding hydrogens is 224 g/mol. The van der Waals surface area contributed by atoms with Gasteiger partial charge in [0.2, 0.25) is 0 Å². The fourth-order valence-electron chi connectivity index (χ4n) is 2.85. The average molecular weight is 248 g/mol. The van der Waals surface area contributed by atoms with Crippen LogP contribution in [-0.4, -0.2) is 40.4 Å². The number of anilines is 1. The van der Waals surface area contributed by atoms with Crippen molar-refractivity contribution >= 4 is 5.69 Å².